The molecule has 0 atom stereocenters. The van der Waals surface area contributed by atoms with Gasteiger partial charge in [0.2, 0.25) is 0 Å². The van der Waals surface area contributed by atoms with Crippen molar-refractivity contribution >= 4 is 14.9 Å². The fourth-order valence-corrected chi connectivity index (χ4v) is 5.94. The standard InChI is InChI=1S/C10H15.C9H8N.2ClH.Ti/c1-7-6-10(4,5)9(3)8(7)2;1-7-6-10-9-5-3-2-4-8(7)9;;;/h1-5H3;2-5,10H,1H3;2*1H;/q;;;;+2/p-2. The Hall–Kier alpha value is -0.466. The van der Waals surface area contributed by atoms with Crippen molar-refractivity contribution in [2.45, 2.75) is 41.5 Å². The first-order valence-corrected chi connectivity index (χ1v) is 9.14. The number of benzene rings is 1. The summed E-state index contributed by atoms with van der Waals surface area (Å²) >= 11 is -0.308. The van der Waals surface area contributed by atoms with E-state index in [2.05, 4.69) is 70.8 Å². The van der Waals surface area contributed by atoms with E-state index in [-0.39, 0.29) is 49.4 Å². The summed E-state index contributed by atoms with van der Waals surface area (Å²) in [6.45, 7) is 13.9. The number of nitrogens with one attached hydrogen (secondary N) is 1. The van der Waals surface area contributed by atoms with E-state index in [4.69, 9.17) is 0 Å². The summed E-state index contributed by atoms with van der Waals surface area (Å²) in [6, 6.07) is 8.66. The molecule has 1 aliphatic rings. The SMILES string of the molecule is CC1=C(C)C(C)(C)[C]([Ti+2][c]2[nH]c3ccccc3c2C)=C1C.[Cl-].[Cl-]. The maximum Gasteiger partial charge on any atom is -1.00 e. The molecule has 0 spiro atoms. The Morgan fingerprint density at radius 3 is 2.04 bits per heavy atom. The summed E-state index contributed by atoms with van der Waals surface area (Å²) in [7, 11) is 0. The maximum absolute atomic E-state index is 3.68. The predicted molar refractivity (Wildman–Crippen MR) is 87.5 cm³/mol. The molecule has 0 aliphatic heterocycles. The molecule has 0 radical (unpaired) electrons. The average molecular weight is 384 g/mol. The van der Waals surface area contributed by atoms with Crippen molar-refractivity contribution < 1.29 is 44.0 Å². The maximum atomic E-state index is 3.68. The van der Waals surface area contributed by atoms with Crippen LogP contribution in [0, 0.1) is 12.3 Å². The number of hydrogen-bond donors (Lipinski definition) is 1. The van der Waals surface area contributed by atoms with Crippen LogP contribution in [0.3, 0.4) is 0 Å². The van der Waals surface area contributed by atoms with E-state index in [1.807, 2.05) is 0 Å². The number of aromatic nitrogens is 1. The third kappa shape index (κ3) is 3.22. The third-order valence-electron chi connectivity index (χ3n) is 5.28. The number of aromatic amines is 1. The van der Waals surface area contributed by atoms with Crippen LogP contribution in [-0.4, -0.2) is 4.98 Å². The monoisotopic (exact) mass is 383 g/mol. The smallest absolute Gasteiger partial charge is 1.00 e. The van der Waals surface area contributed by atoms with Crippen molar-refractivity contribution in [2.24, 2.45) is 5.41 Å². The van der Waals surface area contributed by atoms with Gasteiger partial charge in [-0.2, -0.15) is 0 Å². The van der Waals surface area contributed by atoms with Gasteiger partial charge in [0, 0.05) is 0 Å². The van der Waals surface area contributed by atoms with Crippen LogP contribution in [0.2, 0.25) is 0 Å². The van der Waals surface area contributed by atoms with E-state index in [9.17, 15) is 0 Å². The zero-order valence-corrected chi connectivity index (χ0v) is 17.6. The number of H-pyrrole nitrogens is 1. The molecule has 0 fully saturated rings. The van der Waals surface area contributed by atoms with Crippen LogP contribution in [0.25, 0.3) is 10.9 Å². The Bertz CT molecular complexity index is 797. The van der Waals surface area contributed by atoms with E-state index >= 15 is 0 Å². The van der Waals surface area contributed by atoms with Crippen LogP contribution < -0.4 is 28.8 Å². The van der Waals surface area contributed by atoms with E-state index < -0.39 is 0 Å². The molecule has 0 bridgehead atoms. The van der Waals surface area contributed by atoms with Gasteiger partial charge in [-0.3, -0.25) is 0 Å². The summed E-state index contributed by atoms with van der Waals surface area (Å²) < 4.78 is 3.17. The molecule has 23 heavy (non-hydrogen) atoms. The molecule has 4 heteroatoms. The molecular formula is C19H23Cl2NTi. The molecule has 0 saturated heterocycles. The molecule has 0 saturated carbocycles. The number of rotatable bonds is 2. The van der Waals surface area contributed by atoms with Gasteiger partial charge in [0.1, 0.15) is 0 Å². The van der Waals surface area contributed by atoms with Gasteiger partial charge in [0.15, 0.2) is 0 Å². The molecular weight excluding hydrogens is 361 g/mol. The number of hydrogen-bond acceptors (Lipinski definition) is 0. The fraction of sp³-hybridized carbons (Fsp3) is 0.368. The second kappa shape index (κ2) is 7.19. The Morgan fingerprint density at radius 1 is 0.913 bits per heavy atom. The summed E-state index contributed by atoms with van der Waals surface area (Å²) in [4.78, 5) is 3.68. The van der Waals surface area contributed by atoms with Crippen LogP contribution in [0.5, 0.6) is 0 Å². The number of para-hydroxylation sites is 1. The molecule has 3 rings (SSSR count). The minimum absolute atomic E-state index is 0. The van der Waals surface area contributed by atoms with Crippen LogP contribution in [0.4, 0.5) is 0 Å². The predicted octanol–water partition coefficient (Wildman–Crippen LogP) is -1.16. The minimum atomic E-state index is -0.308. The quantitative estimate of drug-likeness (QED) is 0.630. The van der Waals surface area contributed by atoms with Gasteiger partial charge in [-0.05, 0) is 0 Å². The number of allylic oxidation sites excluding steroid dienone is 4. The van der Waals surface area contributed by atoms with Crippen molar-refractivity contribution in [2.75, 3.05) is 0 Å². The summed E-state index contributed by atoms with van der Waals surface area (Å²) in [5, 5.41) is 1.38. The largest absolute Gasteiger partial charge is 1.00 e. The second-order valence-electron chi connectivity index (χ2n) is 6.67. The van der Waals surface area contributed by atoms with Gasteiger partial charge in [-0.25, -0.2) is 0 Å². The van der Waals surface area contributed by atoms with Gasteiger partial charge < -0.3 is 24.8 Å². The molecule has 122 valence electrons. The molecule has 0 unspecified atom stereocenters. The Labute approximate surface area is 160 Å². The van der Waals surface area contributed by atoms with E-state index in [1.54, 1.807) is 9.45 Å². The van der Waals surface area contributed by atoms with Crippen molar-refractivity contribution in [1.82, 2.24) is 4.98 Å². The first-order chi connectivity index (χ1) is 9.84. The zero-order valence-electron chi connectivity index (χ0n) is 14.6. The van der Waals surface area contributed by atoms with Crippen molar-refractivity contribution in [1.29, 1.82) is 0 Å². The van der Waals surface area contributed by atoms with Crippen LogP contribution >= 0.6 is 0 Å². The van der Waals surface area contributed by atoms with Gasteiger partial charge in [-0.15, -0.1) is 0 Å². The Kier molecular flexibility index (Phi) is 6.43. The molecule has 0 amide bonds. The molecule has 1 aliphatic carbocycles. The number of fused-ring (bicyclic) bond motifs is 1. The van der Waals surface area contributed by atoms with Gasteiger partial charge in [0.05, 0.1) is 0 Å². The van der Waals surface area contributed by atoms with Crippen molar-refractivity contribution in [3.05, 3.63) is 50.4 Å². The zero-order chi connectivity index (χ0) is 15.4. The number of halogens is 2. The summed E-state index contributed by atoms with van der Waals surface area (Å²) in [5.74, 6) is 0. The molecule has 1 heterocycles. The first kappa shape index (κ1) is 20.6. The van der Waals surface area contributed by atoms with E-state index in [0.29, 0.717) is 0 Å². The summed E-state index contributed by atoms with van der Waals surface area (Å²) in [5.41, 5.74) is 7.56. The minimum Gasteiger partial charge on any atom is -1.00 e. The van der Waals surface area contributed by atoms with E-state index in [1.165, 1.54) is 31.6 Å². The molecule has 2 aromatic rings. The van der Waals surface area contributed by atoms with E-state index in [0.717, 1.165) is 0 Å². The average Bonchev–Trinajstić information content (AvgIpc) is 2.85. The molecule has 1 nitrogen and oxygen atoms in total. The topological polar surface area (TPSA) is 15.8 Å². The second-order valence-corrected chi connectivity index (χ2v) is 8.62. The molecule has 1 N–H and O–H groups in total. The van der Waals surface area contributed by atoms with Gasteiger partial charge >= 0.3 is 136 Å². The molecule has 1 aromatic heterocycles. The fourth-order valence-electron chi connectivity index (χ4n) is 3.38. The van der Waals surface area contributed by atoms with Crippen LogP contribution in [0.15, 0.2) is 44.9 Å². The van der Waals surface area contributed by atoms with Crippen molar-refractivity contribution in [3.8, 4) is 0 Å². The van der Waals surface area contributed by atoms with Gasteiger partial charge in [0.25, 0.3) is 0 Å². The number of aryl methyl sites for hydroxylation is 1. The first-order valence-electron chi connectivity index (χ1n) is 7.58. The Morgan fingerprint density at radius 2 is 1.52 bits per heavy atom. The van der Waals surface area contributed by atoms with Crippen molar-refractivity contribution in [3.63, 3.8) is 0 Å². The third-order valence-corrected chi connectivity index (χ3v) is 8.40. The van der Waals surface area contributed by atoms with Crippen LogP contribution in [-0.2, 0) is 19.2 Å². The summed E-state index contributed by atoms with van der Waals surface area (Å²) in [6.07, 6.45) is 0. The normalized spacial score (nSPS) is 16.3. The van der Waals surface area contributed by atoms with Gasteiger partial charge in [-0.1, -0.05) is 0 Å². The Balaban J connectivity index is 0.00000132. The van der Waals surface area contributed by atoms with Crippen LogP contribution in [0.1, 0.15) is 40.2 Å². The molecule has 1 aromatic carbocycles.